The number of nitrogens with two attached hydrogens (primary N) is 2. The lowest BCUT2D eigenvalue weighted by Crippen LogP contribution is -2.53. The molecule has 54 heavy (non-hydrogen) atoms. The molecule has 0 spiro atoms. The van der Waals surface area contributed by atoms with Crippen LogP contribution in [0.1, 0.15) is 75.6 Å². The second kappa shape index (κ2) is 21.0. The van der Waals surface area contributed by atoms with Crippen LogP contribution in [-0.4, -0.2) is 77.4 Å². The number of unbranched alkanes of at least 4 members (excludes halogenated alkanes) is 2. The number of H-pyrrole nitrogens is 1. The monoisotopic (exact) mass is 758 g/mol. The van der Waals surface area contributed by atoms with Crippen LogP contribution >= 0.6 is 0 Å². The molecule has 0 unspecified atom stereocenters. The molecule has 19 heteroatoms. The highest BCUT2D eigenvalue weighted by molar-refractivity contribution is 6.00. The maximum absolute atomic E-state index is 13.3. The molecule has 3 rings (SSSR count). The highest BCUT2D eigenvalue weighted by Gasteiger charge is 2.27. The Morgan fingerprint density at radius 2 is 1.67 bits per heavy atom. The van der Waals surface area contributed by atoms with Gasteiger partial charge in [0.15, 0.2) is 6.73 Å². The molecular formula is C35H47FN8O10. The minimum Gasteiger partial charge on any atom is -0.444 e. The van der Waals surface area contributed by atoms with Crippen molar-refractivity contribution in [1.29, 1.82) is 0 Å². The van der Waals surface area contributed by atoms with Crippen LogP contribution < -0.4 is 49.2 Å². The number of aromatic amines is 1. The smallest absolute Gasteiger partial charge is 0.349 e. The van der Waals surface area contributed by atoms with Gasteiger partial charge in [0.2, 0.25) is 23.5 Å². The van der Waals surface area contributed by atoms with Gasteiger partial charge in [-0.15, -0.1) is 0 Å². The van der Waals surface area contributed by atoms with Crippen molar-refractivity contribution in [2.45, 2.75) is 84.0 Å². The van der Waals surface area contributed by atoms with Crippen molar-refractivity contribution in [3.8, 4) is 0 Å². The first kappa shape index (κ1) is 42.6. The van der Waals surface area contributed by atoms with Gasteiger partial charge in [-0.05, 0) is 77.1 Å². The molecule has 3 aromatic rings. The predicted molar refractivity (Wildman–Crippen MR) is 195 cm³/mol. The number of amides is 4. The van der Waals surface area contributed by atoms with Gasteiger partial charge in [0.1, 0.15) is 23.2 Å². The summed E-state index contributed by atoms with van der Waals surface area (Å²) in [6.07, 6.45) is 2.02. The SMILES string of the molecule is CCN(CC)c1ccc2cc(C(=O)N[C@@H](CCCCN)C(=O)N[C@@H](CCCCNC(=O)CCC(=O)OCn3cc(F)c(=O)[nH]c3=O)C(N)=O)c(=O)oc2c1. The molecule has 1 aromatic carbocycles. The predicted octanol–water partition coefficient (Wildman–Crippen LogP) is 0.0934. The summed E-state index contributed by atoms with van der Waals surface area (Å²) in [4.78, 5) is 102. The van der Waals surface area contributed by atoms with Crippen LogP contribution in [0.15, 0.2) is 49.3 Å². The van der Waals surface area contributed by atoms with Gasteiger partial charge in [0.05, 0.1) is 12.6 Å². The van der Waals surface area contributed by atoms with E-state index < -0.39 is 71.1 Å². The maximum Gasteiger partial charge on any atom is 0.349 e. The van der Waals surface area contributed by atoms with Crippen LogP contribution in [0.5, 0.6) is 0 Å². The number of carbonyl (C=O) groups is 5. The zero-order valence-corrected chi connectivity index (χ0v) is 30.2. The van der Waals surface area contributed by atoms with Gasteiger partial charge >= 0.3 is 17.3 Å². The van der Waals surface area contributed by atoms with Crippen molar-refractivity contribution in [3.05, 3.63) is 73.1 Å². The van der Waals surface area contributed by atoms with Crippen LogP contribution in [0.3, 0.4) is 0 Å². The second-order valence-corrected chi connectivity index (χ2v) is 12.3. The van der Waals surface area contributed by atoms with Gasteiger partial charge in [-0.2, -0.15) is 4.39 Å². The Morgan fingerprint density at radius 1 is 0.963 bits per heavy atom. The Morgan fingerprint density at radius 3 is 2.35 bits per heavy atom. The Labute approximate surface area is 308 Å². The fraction of sp³-hybridized carbons (Fsp3) is 0.486. The van der Waals surface area contributed by atoms with Crippen LogP contribution in [0.2, 0.25) is 0 Å². The van der Waals surface area contributed by atoms with Crippen molar-refractivity contribution < 1.29 is 37.5 Å². The third kappa shape index (κ3) is 12.7. The van der Waals surface area contributed by atoms with E-state index in [1.165, 1.54) is 6.07 Å². The number of nitrogens with zero attached hydrogens (tertiary/aromatic N) is 2. The molecule has 0 saturated heterocycles. The topological polar surface area (TPSA) is 271 Å². The number of esters is 1. The fourth-order valence-electron chi connectivity index (χ4n) is 5.40. The molecule has 2 heterocycles. The lowest BCUT2D eigenvalue weighted by Gasteiger charge is -2.22. The highest BCUT2D eigenvalue weighted by atomic mass is 19.1. The van der Waals surface area contributed by atoms with Crippen LogP contribution in [0, 0.1) is 5.82 Å². The van der Waals surface area contributed by atoms with E-state index in [0.717, 1.165) is 18.8 Å². The summed E-state index contributed by atoms with van der Waals surface area (Å²) in [5, 5.41) is 8.28. The maximum atomic E-state index is 13.3. The molecule has 0 aliphatic rings. The van der Waals surface area contributed by atoms with Crippen molar-refractivity contribution in [2.75, 3.05) is 31.1 Å². The first-order valence-corrected chi connectivity index (χ1v) is 17.6. The Balaban J connectivity index is 1.50. The van der Waals surface area contributed by atoms with Crippen LogP contribution in [0.25, 0.3) is 11.0 Å². The zero-order chi connectivity index (χ0) is 39.8. The number of aromatic nitrogens is 2. The number of ether oxygens (including phenoxy) is 1. The first-order chi connectivity index (χ1) is 25.8. The van der Waals surface area contributed by atoms with Gasteiger partial charge in [0, 0.05) is 43.2 Å². The lowest BCUT2D eigenvalue weighted by molar-refractivity contribution is -0.148. The molecule has 0 aliphatic heterocycles. The molecule has 8 N–H and O–H groups in total. The largest absolute Gasteiger partial charge is 0.444 e. The summed E-state index contributed by atoms with van der Waals surface area (Å²) in [6, 6.07) is 4.49. The van der Waals surface area contributed by atoms with Crippen molar-refractivity contribution >= 4 is 46.3 Å². The standard InChI is InChI=1S/C35H47FN8O10/c1-3-43(4-2)22-12-11-21-17-23(34(51)54-27(21)18-22)31(48)41-26(10-5-7-15-37)33(50)40-25(30(38)47)9-6-8-16-39-28(45)13-14-29(46)53-20-44-19-24(36)32(49)42-35(44)52/h11-12,17-19,25-26H,3-10,13-16,20,37H2,1-2H3,(H2,38,47)(H,39,45)(H,40,50)(H,41,48)(H,42,49,52)/t25-,26-/m0/s1. The Hall–Kier alpha value is -5.85. The van der Waals surface area contributed by atoms with Crippen molar-refractivity contribution in [2.24, 2.45) is 11.5 Å². The van der Waals surface area contributed by atoms with Crippen LogP contribution in [0.4, 0.5) is 10.1 Å². The number of fused-ring (bicyclic) bond motifs is 1. The zero-order valence-electron chi connectivity index (χ0n) is 30.2. The highest BCUT2D eigenvalue weighted by Crippen LogP contribution is 2.22. The molecular weight excluding hydrogens is 711 g/mol. The van der Waals surface area contributed by atoms with Gasteiger partial charge < -0.3 is 41.5 Å². The summed E-state index contributed by atoms with van der Waals surface area (Å²) in [6.45, 7) is 5.35. The minimum atomic E-state index is -1.24. The number of primary amides is 1. The average molecular weight is 759 g/mol. The van der Waals surface area contributed by atoms with E-state index >= 15 is 0 Å². The van der Waals surface area contributed by atoms with E-state index in [2.05, 4.69) is 20.9 Å². The Kier molecular flexibility index (Phi) is 16.6. The van der Waals surface area contributed by atoms with E-state index in [1.54, 1.807) is 17.1 Å². The molecule has 294 valence electrons. The van der Waals surface area contributed by atoms with Gasteiger partial charge in [0.25, 0.3) is 11.5 Å². The number of carbonyl (C=O) groups excluding carboxylic acids is 5. The van der Waals surface area contributed by atoms with Gasteiger partial charge in [-0.25, -0.2) is 9.59 Å². The molecule has 18 nitrogen and oxygen atoms in total. The van der Waals surface area contributed by atoms with E-state index in [-0.39, 0.29) is 37.8 Å². The van der Waals surface area contributed by atoms with Crippen molar-refractivity contribution in [1.82, 2.24) is 25.5 Å². The molecule has 0 radical (unpaired) electrons. The first-order valence-electron chi connectivity index (χ1n) is 17.6. The number of halogens is 1. The number of rotatable bonds is 22. The number of benzene rings is 1. The number of hydrogen-bond acceptors (Lipinski definition) is 12. The molecule has 0 bridgehead atoms. The van der Waals surface area contributed by atoms with E-state index in [4.69, 9.17) is 20.6 Å². The number of hydrogen-bond donors (Lipinski definition) is 6. The fourth-order valence-corrected chi connectivity index (χ4v) is 5.40. The van der Waals surface area contributed by atoms with Gasteiger partial charge in [-0.1, -0.05) is 0 Å². The lowest BCUT2D eigenvalue weighted by atomic mass is 10.0. The third-order valence-corrected chi connectivity index (χ3v) is 8.45. The van der Waals surface area contributed by atoms with E-state index in [1.807, 2.05) is 19.9 Å². The summed E-state index contributed by atoms with van der Waals surface area (Å²) in [7, 11) is 0. The summed E-state index contributed by atoms with van der Waals surface area (Å²) in [5.41, 5.74) is 8.98. The summed E-state index contributed by atoms with van der Waals surface area (Å²) < 4.78 is 24.3. The summed E-state index contributed by atoms with van der Waals surface area (Å²) >= 11 is 0. The van der Waals surface area contributed by atoms with Gasteiger partial charge in [-0.3, -0.25) is 38.3 Å². The molecule has 4 amide bonds. The van der Waals surface area contributed by atoms with E-state index in [9.17, 15) is 42.7 Å². The Bertz CT molecular complexity index is 1970. The second-order valence-electron chi connectivity index (χ2n) is 12.3. The molecule has 2 atom stereocenters. The molecule has 0 fully saturated rings. The normalized spacial score (nSPS) is 12.1. The quantitative estimate of drug-likeness (QED) is 0.0452. The van der Waals surface area contributed by atoms with Crippen molar-refractivity contribution in [3.63, 3.8) is 0 Å². The summed E-state index contributed by atoms with van der Waals surface area (Å²) in [5.74, 6) is -4.89. The third-order valence-electron chi connectivity index (χ3n) is 8.45. The minimum absolute atomic E-state index is 0.112. The molecule has 0 saturated carbocycles. The molecule has 2 aromatic heterocycles. The van der Waals surface area contributed by atoms with Crippen LogP contribution in [-0.2, 0) is 30.6 Å². The average Bonchev–Trinajstić information content (AvgIpc) is 3.13. The molecule has 0 aliphatic carbocycles. The van der Waals surface area contributed by atoms with E-state index in [0.29, 0.717) is 54.0 Å². The number of anilines is 1. The number of nitrogens with one attached hydrogen (secondary N) is 4.